The molecule has 0 saturated heterocycles. The van der Waals surface area contributed by atoms with E-state index >= 15 is 0 Å². The number of aryl methyl sites for hydroxylation is 2. The van der Waals surface area contributed by atoms with Crippen molar-refractivity contribution in [1.82, 2.24) is 9.78 Å². The van der Waals surface area contributed by atoms with Gasteiger partial charge in [0, 0.05) is 7.05 Å². The Hall–Kier alpha value is -1.32. The number of hydrogen-bond acceptors (Lipinski definition) is 3. The van der Waals surface area contributed by atoms with Crippen LogP contribution in [0.1, 0.15) is 48.2 Å². The molecule has 0 radical (unpaired) electrons. The van der Waals surface area contributed by atoms with Gasteiger partial charge < -0.3 is 4.74 Å². The van der Waals surface area contributed by atoms with E-state index in [-0.39, 0.29) is 6.10 Å². The van der Waals surface area contributed by atoms with Gasteiger partial charge in [-0.05, 0) is 32.6 Å². The summed E-state index contributed by atoms with van der Waals surface area (Å²) in [4.78, 5) is 11.0. The van der Waals surface area contributed by atoms with E-state index in [1.165, 1.54) is 19.3 Å². The van der Waals surface area contributed by atoms with Gasteiger partial charge in [-0.15, -0.1) is 0 Å². The van der Waals surface area contributed by atoms with Crippen LogP contribution in [-0.2, 0) is 7.05 Å². The van der Waals surface area contributed by atoms with Crippen molar-refractivity contribution in [3.63, 3.8) is 0 Å². The highest BCUT2D eigenvalue weighted by Gasteiger charge is 2.20. The van der Waals surface area contributed by atoms with Gasteiger partial charge in [-0.25, -0.2) is 4.68 Å². The first-order valence-corrected chi connectivity index (χ1v) is 5.88. The van der Waals surface area contributed by atoms with Crippen LogP contribution in [0.2, 0.25) is 0 Å². The number of carbonyl (C=O) groups excluding carboxylic acids is 1. The molecule has 1 saturated carbocycles. The van der Waals surface area contributed by atoms with Crippen LogP contribution in [0.15, 0.2) is 0 Å². The molecule has 1 aromatic heterocycles. The molecule has 0 N–H and O–H groups in total. The fraction of sp³-hybridized carbons (Fsp3) is 0.667. The molecule has 1 heterocycles. The molecule has 88 valence electrons. The molecule has 0 unspecified atom stereocenters. The number of nitrogens with zero attached hydrogens (tertiary/aromatic N) is 2. The van der Waals surface area contributed by atoms with Crippen molar-refractivity contribution in [3.05, 3.63) is 11.3 Å². The summed E-state index contributed by atoms with van der Waals surface area (Å²) in [6.07, 6.45) is 6.99. The summed E-state index contributed by atoms with van der Waals surface area (Å²) in [5.41, 5.74) is 1.33. The van der Waals surface area contributed by atoms with Gasteiger partial charge in [0.15, 0.2) is 6.29 Å². The highest BCUT2D eigenvalue weighted by Crippen LogP contribution is 2.26. The third-order valence-corrected chi connectivity index (χ3v) is 3.16. The molecule has 0 aromatic carbocycles. The zero-order chi connectivity index (χ0) is 11.5. The predicted molar refractivity (Wildman–Crippen MR) is 60.8 cm³/mol. The fourth-order valence-electron chi connectivity index (χ4n) is 2.27. The van der Waals surface area contributed by atoms with Gasteiger partial charge >= 0.3 is 0 Å². The minimum atomic E-state index is 0.252. The van der Waals surface area contributed by atoms with Crippen molar-refractivity contribution in [2.24, 2.45) is 7.05 Å². The van der Waals surface area contributed by atoms with Crippen LogP contribution >= 0.6 is 0 Å². The maximum atomic E-state index is 11.0. The molecule has 0 spiro atoms. The van der Waals surface area contributed by atoms with E-state index in [2.05, 4.69) is 5.10 Å². The predicted octanol–water partition coefficient (Wildman–Crippen LogP) is 2.25. The molecule has 1 aliphatic rings. The Bertz CT molecular complexity index is 379. The summed E-state index contributed by atoms with van der Waals surface area (Å²) < 4.78 is 7.56. The third kappa shape index (κ3) is 2.10. The van der Waals surface area contributed by atoms with E-state index in [9.17, 15) is 4.79 Å². The molecule has 4 heteroatoms. The van der Waals surface area contributed by atoms with Crippen molar-refractivity contribution in [2.45, 2.75) is 45.1 Å². The van der Waals surface area contributed by atoms with Crippen LogP contribution in [0.25, 0.3) is 0 Å². The summed E-state index contributed by atoms with van der Waals surface area (Å²) in [5, 5.41) is 4.21. The number of aldehydes is 1. The molecule has 0 amide bonds. The third-order valence-electron chi connectivity index (χ3n) is 3.16. The van der Waals surface area contributed by atoms with Gasteiger partial charge in [0.05, 0.1) is 11.3 Å². The zero-order valence-electron chi connectivity index (χ0n) is 9.90. The molecule has 2 rings (SSSR count). The first-order valence-electron chi connectivity index (χ1n) is 5.88. The lowest BCUT2D eigenvalue weighted by Gasteiger charge is -2.22. The number of hydrogen-bond donors (Lipinski definition) is 0. The van der Waals surface area contributed by atoms with Gasteiger partial charge in [0.1, 0.15) is 6.10 Å². The molecule has 1 aliphatic carbocycles. The largest absolute Gasteiger partial charge is 0.474 e. The Balaban J connectivity index is 2.16. The molecule has 16 heavy (non-hydrogen) atoms. The first kappa shape index (κ1) is 11.2. The monoisotopic (exact) mass is 222 g/mol. The van der Waals surface area contributed by atoms with Crippen molar-refractivity contribution in [2.75, 3.05) is 0 Å². The quantitative estimate of drug-likeness (QED) is 0.737. The van der Waals surface area contributed by atoms with Crippen molar-refractivity contribution in [3.8, 4) is 5.88 Å². The molecule has 0 aliphatic heterocycles. The topological polar surface area (TPSA) is 44.1 Å². The summed E-state index contributed by atoms with van der Waals surface area (Å²) in [6, 6.07) is 0. The lowest BCUT2D eigenvalue weighted by Crippen LogP contribution is -2.21. The van der Waals surface area contributed by atoms with Gasteiger partial charge in [-0.1, -0.05) is 6.42 Å². The minimum absolute atomic E-state index is 0.252. The molecule has 0 bridgehead atoms. The van der Waals surface area contributed by atoms with Crippen LogP contribution in [0.5, 0.6) is 5.88 Å². The maximum absolute atomic E-state index is 11.0. The molecular weight excluding hydrogens is 204 g/mol. The number of rotatable bonds is 3. The number of ether oxygens (including phenoxy) is 1. The Morgan fingerprint density at radius 1 is 1.38 bits per heavy atom. The second kappa shape index (κ2) is 4.68. The Kier molecular flexibility index (Phi) is 3.27. The normalized spacial score (nSPS) is 17.4. The average molecular weight is 222 g/mol. The summed E-state index contributed by atoms with van der Waals surface area (Å²) >= 11 is 0. The summed E-state index contributed by atoms with van der Waals surface area (Å²) in [6.45, 7) is 1.83. The number of aromatic nitrogens is 2. The molecule has 1 fully saturated rings. The first-order chi connectivity index (χ1) is 7.72. The highest BCUT2D eigenvalue weighted by atomic mass is 16.5. The Labute approximate surface area is 95.6 Å². The van der Waals surface area contributed by atoms with Crippen molar-refractivity contribution < 1.29 is 9.53 Å². The van der Waals surface area contributed by atoms with Crippen LogP contribution < -0.4 is 4.74 Å². The highest BCUT2D eigenvalue weighted by molar-refractivity contribution is 5.80. The van der Waals surface area contributed by atoms with E-state index in [1.807, 2.05) is 14.0 Å². The smallest absolute Gasteiger partial charge is 0.222 e. The van der Waals surface area contributed by atoms with Crippen LogP contribution in [0.4, 0.5) is 0 Å². The summed E-state index contributed by atoms with van der Waals surface area (Å²) in [5.74, 6) is 0.624. The molecular formula is C12H18N2O2. The van der Waals surface area contributed by atoms with Crippen LogP contribution in [0.3, 0.4) is 0 Å². The SMILES string of the molecule is Cc1nn(C)c(OC2CCCCC2)c1C=O. The van der Waals surface area contributed by atoms with E-state index in [1.54, 1.807) is 4.68 Å². The molecule has 1 aromatic rings. The van der Waals surface area contributed by atoms with Crippen molar-refractivity contribution in [1.29, 1.82) is 0 Å². The second-order valence-electron chi connectivity index (χ2n) is 4.42. The molecule has 0 atom stereocenters. The standard InChI is InChI=1S/C12H18N2O2/c1-9-11(8-15)12(14(2)13-9)16-10-6-4-3-5-7-10/h8,10H,3-7H2,1-2H3. The zero-order valence-corrected chi connectivity index (χ0v) is 9.90. The lowest BCUT2D eigenvalue weighted by molar-refractivity contribution is 0.110. The van der Waals surface area contributed by atoms with Crippen LogP contribution in [0, 0.1) is 6.92 Å². The summed E-state index contributed by atoms with van der Waals surface area (Å²) in [7, 11) is 1.82. The second-order valence-corrected chi connectivity index (χ2v) is 4.42. The average Bonchev–Trinajstić information content (AvgIpc) is 2.55. The van der Waals surface area contributed by atoms with E-state index in [4.69, 9.17) is 4.74 Å². The van der Waals surface area contributed by atoms with Gasteiger partial charge in [0.25, 0.3) is 0 Å². The van der Waals surface area contributed by atoms with E-state index in [0.29, 0.717) is 11.4 Å². The van der Waals surface area contributed by atoms with Gasteiger partial charge in [-0.2, -0.15) is 5.10 Å². The lowest BCUT2D eigenvalue weighted by atomic mass is 9.98. The van der Waals surface area contributed by atoms with Crippen LogP contribution in [-0.4, -0.2) is 22.2 Å². The molecule has 4 nitrogen and oxygen atoms in total. The minimum Gasteiger partial charge on any atom is -0.474 e. The van der Waals surface area contributed by atoms with Crippen molar-refractivity contribution >= 4 is 6.29 Å². The Morgan fingerprint density at radius 3 is 2.69 bits per heavy atom. The Morgan fingerprint density at radius 2 is 2.06 bits per heavy atom. The van der Waals surface area contributed by atoms with Gasteiger partial charge in [0.2, 0.25) is 5.88 Å². The maximum Gasteiger partial charge on any atom is 0.222 e. The van der Waals surface area contributed by atoms with E-state index < -0.39 is 0 Å². The fourth-order valence-corrected chi connectivity index (χ4v) is 2.27. The van der Waals surface area contributed by atoms with Gasteiger partial charge in [-0.3, -0.25) is 4.79 Å². The number of carbonyl (C=O) groups is 1. The van der Waals surface area contributed by atoms with E-state index in [0.717, 1.165) is 24.8 Å².